The van der Waals surface area contributed by atoms with Gasteiger partial charge in [0.15, 0.2) is 0 Å². The van der Waals surface area contributed by atoms with Crippen molar-refractivity contribution >= 4 is 17.6 Å². The molecule has 18 heavy (non-hydrogen) atoms. The Balaban J connectivity index is 3.21. The summed E-state index contributed by atoms with van der Waals surface area (Å²) in [7, 11) is 1.21. The maximum absolute atomic E-state index is 12.8. The van der Waals surface area contributed by atoms with Crippen molar-refractivity contribution < 1.29 is 27.8 Å². The third-order valence-corrected chi connectivity index (χ3v) is 2.59. The van der Waals surface area contributed by atoms with E-state index in [0.717, 1.165) is 12.1 Å². The van der Waals surface area contributed by atoms with E-state index >= 15 is 0 Å². The van der Waals surface area contributed by atoms with Crippen molar-refractivity contribution in [1.82, 2.24) is 0 Å². The molecule has 0 aromatic heterocycles. The van der Waals surface area contributed by atoms with Gasteiger partial charge in [-0.05, 0) is 24.1 Å². The summed E-state index contributed by atoms with van der Waals surface area (Å²) in [5.41, 5.74) is -1.08. The molecule has 7 heteroatoms. The van der Waals surface area contributed by atoms with Gasteiger partial charge >= 0.3 is 12.1 Å². The van der Waals surface area contributed by atoms with E-state index in [0.29, 0.717) is 0 Å². The van der Waals surface area contributed by atoms with Gasteiger partial charge in [0.05, 0.1) is 17.7 Å². The molecule has 1 aromatic rings. The van der Waals surface area contributed by atoms with Crippen molar-refractivity contribution in [1.29, 1.82) is 0 Å². The van der Waals surface area contributed by atoms with Crippen molar-refractivity contribution in [2.45, 2.75) is 19.0 Å². The zero-order chi connectivity index (χ0) is 13.9. The zero-order valence-corrected chi connectivity index (χ0v) is 10.1. The first-order valence-corrected chi connectivity index (χ1v) is 5.29. The van der Waals surface area contributed by atoms with Crippen molar-refractivity contribution in [3.8, 4) is 5.75 Å². The number of aliphatic carboxylic acids is 1. The number of benzene rings is 1. The van der Waals surface area contributed by atoms with Crippen molar-refractivity contribution in [3.05, 3.63) is 28.3 Å². The summed E-state index contributed by atoms with van der Waals surface area (Å²) in [5, 5.41) is 8.52. The second-order valence-corrected chi connectivity index (χ2v) is 3.94. The quantitative estimate of drug-likeness (QED) is 0.921. The van der Waals surface area contributed by atoms with Gasteiger partial charge in [-0.1, -0.05) is 11.6 Å². The fraction of sp³-hybridized carbons (Fsp3) is 0.364. The molecule has 1 rings (SSSR count). The van der Waals surface area contributed by atoms with E-state index < -0.39 is 24.1 Å². The average molecular weight is 283 g/mol. The highest BCUT2D eigenvalue weighted by atomic mass is 35.5. The van der Waals surface area contributed by atoms with Crippen LogP contribution in [0.5, 0.6) is 5.75 Å². The largest absolute Gasteiger partial charge is 0.495 e. The number of carbonyl (C=O) groups is 1. The highest BCUT2D eigenvalue weighted by Crippen LogP contribution is 2.38. The van der Waals surface area contributed by atoms with Gasteiger partial charge in [-0.25, -0.2) is 0 Å². The molecule has 0 aliphatic rings. The molecule has 1 N–H and O–H groups in total. The Morgan fingerprint density at radius 2 is 2.06 bits per heavy atom. The van der Waals surface area contributed by atoms with Gasteiger partial charge in [-0.3, -0.25) is 4.79 Å². The van der Waals surface area contributed by atoms with Crippen LogP contribution in [0.1, 0.15) is 17.5 Å². The van der Waals surface area contributed by atoms with Crippen LogP contribution in [0.3, 0.4) is 0 Å². The smallest absolute Gasteiger partial charge is 0.416 e. The number of hydrogen-bond acceptors (Lipinski definition) is 2. The fourth-order valence-electron chi connectivity index (χ4n) is 1.46. The predicted octanol–water partition coefficient (Wildman–Crippen LogP) is 3.38. The van der Waals surface area contributed by atoms with Gasteiger partial charge in [0.2, 0.25) is 0 Å². The summed E-state index contributed by atoms with van der Waals surface area (Å²) in [6, 6.07) is 1.87. The summed E-state index contributed by atoms with van der Waals surface area (Å²) in [6.07, 6.45) is -5.22. The zero-order valence-electron chi connectivity index (χ0n) is 9.34. The van der Waals surface area contributed by atoms with Crippen molar-refractivity contribution in [2.24, 2.45) is 0 Å². The number of halogens is 4. The Hall–Kier alpha value is -1.43. The molecule has 0 aliphatic heterocycles. The van der Waals surface area contributed by atoms with Crippen LogP contribution in [0.4, 0.5) is 13.2 Å². The molecule has 0 bridgehead atoms. The van der Waals surface area contributed by atoms with E-state index in [2.05, 4.69) is 0 Å². The van der Waals surface area contributed by atoms with E-state index in [-0.39, 0.29) is 22.8 Å². The van der Waals surface area contributed by atoms with E-state index in [4.69, 9.17) is 21.4 Å². The van der Waals surface area contributed by atoms with Gasteiger partial charge in [0.25, 0.3) is 0 Å². The second-order valence-electron chi connectivity index (χ2n) is 3.54. The van der Waals surface area contributed by atoms with E-state index in [1.54, 1.807) is 0 Å². The Morgan fingerprint density at radius 3 is 2.50 bits per heavy atom. The number of hydrogen-bond donors (Lipinski definition) is 1. The molecule has 3 nitrogen and oxygen atoms in total. The van der Waals surface area contributed by atoms with Crippen LogP contribution in [0.2, 0.25) is 5.02 Å². The molecule has 1 aromatic carbocycles. The summed E-state index contributed by atoms with van der Waals surface area (Å²) in [6.45, 7) is 0. The number of carboxylic acid groups (broad SMARTS) is 1. The molecule has 0 unspecified atom stereocenters. The highest BCUT2D eigenvalue weighted by molar-refractivity contribution is 6.32. The molecular formula is C11H10ClF3O3. The SMILES string of the molecule is COc1cc(C(F)(F)F)c(CCC(=O)O)cc1Cl. The third kappa shape index (κ3) is 3.53. The van der Waals surface area contributed by atoms with Gasteiger partial charge in [-0.2, -0.15) is 13.2 Å². The number of alkyl halides is 3. The first-order chi connectivity index (χ1) is 8.25. The van der Waals surface area contributed by atoms with Gasteiger partial charge in [0, 0.05) is 6.42 Å². The third-order valence-electron chi connectivity index (χ3n) is 2.29. The molecule has 0 heterocycles. The molecule has 0 spiro atoms. The first-order valence-electron chi connectivity index (χ1n) is 4.91. The van der Waals surface area contributed by atoms with Gasteiger partial charge in [-0.15, -0.1) is 0 Å². The van der Waals surface area contributed by atoms with Gasteiger partial charge in [0.1, 0.15) is 5.75 Å². The topological polar surface area (TPSA) is 46.5 Å². The number of carboxylic acids is 1. The van der Waals surface area contributed by atoms with Crippen LogP contribution in [-0.2, 0) is 17.4 Å². The lowest BCUT2D eigenvalue weighted by Crippen LogP contribution is -2.11. The first kappa shape index (κ1) is 14.6. The Labute approximate surface area is 106 Å². The Bertz CT molecular complexity index is 458. The molecule has 0 saturated carbocycles. The summed E-state index contributed by atoms with van der Waals surface area (Å²) < 4.78 is 43.0. The average Bonchev–Trinajstić information content (AvgIpc) is 2.24. The molecule has 0 fully saturated rings. The Kier molecular flexibility index (Phi) is 4.45. The number of ether oxygens (including phenoxy) is 1. The lowest BCUT2D eigenvalue weighted by atomic mass is 10.0. The number of aryl methyl sites for hydroxylation is 1. The maximum atomic E-state index is 12.8. The lowest BCUT2D eigenvalue weighted by molar-refractivity contribution is -0.140. The van der Waals surface area contributed by atoms with E-state index in [1.165, 1.54) is 7.11 Å². The van der Waals surface area contributed by atoms with Crippen LogP contribution in [0.15, 0.2) is 12.1 Å². The molecule has 100 valence electrons. The van der Waals surface area contributed by atoms with E-state index in [1.807, 2.05) is 0 Å². The summed E-state index contributed by atoms with van der Waals surface area (Å²) >= 11 is 5.73. The molecule has 0 amide bonds. The minimum atomic E-state index is -4.58. The fourth-order valence-corrected chi connectivity index (χ4v) is 1.73. The molecular weight excluding hydrogens is 273 g/mol. The molecule has 0 radical (unpaired) electrons. The standard InChI is InChI=1S/C11H10ClF3O3/c1-18-9-5-7(11(13,14)15)6(4-8(9)12)2-3-10(16)17/h4-5H,2-3H2,1H3,(H,16,17). The minimum absolute atomic E-state index is 0.0193. The Morgan fingerprint density at radius 1 is 1.44 bits per heavy atom. The normalized spacial score (nSPS) is 11.4. The monoisotopic (exact) mass is 282 g/mol. The molecule has 0 atom stereocenters. The van der Waals surface area contributed by atoms with Crippen LogP contribution >= 0.6 is 11.6 Å². The second kappa shape index (κ2) is 5.48. The molecule has 0 saturated heterocycles. The number of rotatable bonds is 4. The van der Waals surface area contributed by atoms with Crippen LogP contribution < -0.4 is 4.74 Å². The minimum Gasteiger partial charge on any atom is -0.495 e. The van der Waals surface area contributed by atoms with Gasteiger partial charge < -0.3 is 9.84 Å². The summed E-state index contributed by atoms with van der Waals surface area (Å²) in [5.74, 6) is -1.27. The summed E-state index contributed by atoms with van der Waals surface area (Å²) in [4.78, 5) is 10.4. The maximum Gasteiger partial charge on any atom is 0.416 e. The lowest BCUT2D eigenvalue weighted by Gasteiger charge is -2.15. The van der Waals surface area contributed by atoms with E-state index in [9.17, 15) is 18.0 Å². The predicted molar refractivity (Wildman–Crippen MR) is 59.0 cm³/mol. The van der Waals surface area contributed by atoms with Crippen LogP contribution in [0.25, 0.3) is 0 Å². The highest BCUT2D eigenvalue weighted by Gasteiger charge is 2.34. The molecule has 0 aliphatic carbocycles. The van der Waals surface area contributed by atoms with Crippen LogP contribution in [0, 0.1) is 0 Å². The van der Waals surface area contributed by atoms with Crippen molar-refractivity contribution in [2.75, 3.05) is 7.11 Å². The van der Waals surface area contributed by atoms with Crippen LogP contribution in [-0.4, -0.2) is 18.2 Å². The number of methoxy groups -OCH3 is 1. The van der Waals surface area contributed by atoms with Crippen molar-refractivity contribution in [3.63, 3.8) is 0 Å².